The molecular weight excluding hydrogens is 392 g/mol. The maximum absolute atomic E-state index is 13.4. The number of nitrogen functional groups attached to an aromatic ring is 1. The Hall–Kier alpha value is -3.61. The van der Waals surface area contributed by atoms with Crippen LogP contribution in [0.3, 0.4) is 0 Å². The van der Waals surface area contributed by atoms with Crippen LogP contribution in [0.5, 0.6) is 0 Å². The molecule has 162 valence electrons. The summed E-state index contributed by atoms with van der Waals surface area (Å²) in [6.07, 6.45) is 0.862. The molecule has 1 heterocycles. The zero-order chi connectivity index (χ0) is 22.5. The van der Waals surface area contributed by atoms with E-state index < -0.39 is 11.2 Å². The van der Waals surface area contributed by atoms with E-state index in [4.69, 9.17) is 5.73 Å². The van der Waals surface area contributed by atoms with Crippen molar-refractivity contribution in [1.29, 1.82) is 0 Å². The Kier molecular flexibility index (Phi) is 6.74. The topological polar surface area (TPSA) is 101 Å². The molecule has 31 heavy (non-hydrogen) atoms. The third kappa shape index (κ3) is 4.94. The number of nitrogens with zero attached hydrogens (tertiary/aromatic N) is 2. The average molecular weight is 421 g/mol. The van der Waals surface area contributed by atoms with Gasteiger partial charge in [-0.1, -0.05) is 63.2 Å². The molecule has 0 spiro atoms. The fraction of sp³-hybridized carbons (Fsp3) is 0.292. The minimum Gasteiger partial charge on any atom is -0.383 e. The Morgan fingerprint density at radius 3 is 2.26 bits per heavy atom. The SMILES string of the molecule is CCc1ccc(C(=O)N(CC(C)C)c2c(N)n(Cc3ccccc3)c(=O)[nH]c2=O)cc1. The molecule has 0 saturated carbocycles. The van der Waals surface area contributed by atoms with Crippen LogP contribution in [-0.4, -0.2) is 22.0 Å². The van der Waals surface area contributed by atoms with Crippen LogP contribution in [0.15, 0.2) is 64.2 Å². The van der Waals surface area contributed by atoms with Gasteiger partial charge in [-0.2, -0.15) is 0 Å². The summed E-state index contributed by atoms with van der Waals surface area (Å²) in [6.45, 7) is 6.41. The van der Waals surface area contributed by atoms with Crippen LogP contribution in [0, 0.1) is 5.92 Å². The highest BCUT2D eigenvalue weighted by Crippen LogP contribution is 2.22. The average Bonchev–Trinajstić information content (AvgIpc) is 2.76. The minimum atomic E-state index is -0.675. The fourth-order valence-corrected chi connectivity index (χ4v) is 3.44. The summed E-state index contributed by atoms with van der Waals surface area (Å²) in [6, 6.07) is 16.6. The molecule has 0 aliphatic heterocycles. The molecule has 0 unspecified atom stereocenters. The summed E-state index contributed by atoms with van der Waals surface area (Å²) in [5, 5.41) is 0. The fourth-order valence-electron chi connectivity index (χ4n) is 3.44. The second-order valence-electron chi connectivity index (χ2n) is 7.92. The number of aromatic nitrogens is 2. The van der Waals surface area contributed by atoms with E-state index in [1.165, 1.54) is 9.47 Å². The van der Waals surface area contributed by atoms with E-state index in [0.717, 1.165) is 17.5 Å². The summed E-state index contributed by atoms with van der Waals surface area (Å²) in [4.78, 5) is 42.3. The molecule has 0 aliphatic rings. The number of hydrogen-bond donors (Lipinski definition) is 2. The molecule has 2 aromatic carbocycles. The maximum atomic E-state index is 13.4. The molecule has 1 aromatic heterocycles. The summed E-state index contributed by atoms with van der Waals surface area (Å²) < 4.78 is 1.28. The van der Waals surface area contributed by atoms with E-state index in [-0.39, 0.29) is 36.4 Å². The number of nitrogens with one attached hydrogen (secondary N) is 1. The molecule has 7 heteroatoms. The van der Waals surface area contributed by atoms with Crippen molar-refractivity contribution in [3.05, 3.63) is 92.1 Å². The monoisotopic (exact) mass is 420 g/mol. The zero-order valence-electron chi connectivity index (χ0n) is 18.1. The van der Waals surface area contributed by atoms with Crippen molar-refractivity contribution < 1.29 is 4.79 Å². The van der Waals surface area contributed by atoms with E-state index in [9.17, 15) is 14.4 Å². The highest BCUT2D eigenvalue weighted by atomic mass is 16.2. The van der Waals surface area contributed by atoms with Crippen molar-refractivity contribution in [2.24, 2.45) is 5.92 Å². The van der Waals surface area contributed by atoms with E-state index in [2.05, 4.69) is 4.98 Å². The number of carbonyl (C=O) groups is 1. The van der Waals surface area contributed by atoms with Gasteiger partial charge in [0.1, 0.15) is 5.82 Å². The number of nitrogens with two attached hydrogens (primary N) is 1. The van der Waals surface area contributed by atoms with Gasteiger partial charge in [-0.25, -0.2) is 4.79 Å². The van der Waals surface area contributed by atoms with E-state index >= 15 is 0 Å². The number of anilines is 2. The van der Waals surface area contributed by atoms with Gasteiger partial charge in [-0.05, 0) is 35.6 Å². The number of rotatable bonds is 7. The van der Waals surface area contributed by atoms with Crippen LogP contribution < -0.4 is 21.9 Å². The predicted molar refractivity (Wildman–Crippen MR) is 124 cm³/mol. The second-order valence-corrected chi connectivity index (χ2v) is 7.92. The lowest BCUT2D eigenvalue weighted by Gasteiger charge is -2.26. The van der Waals surface area contributed by atoms with Crippen LogP contribution >= 0.6 is 0 Å². The predicted octanol–water partition coefficient (Wildman–Crippen LogP) is 3.03. The molecule has 0 saturated heterocycles. The molecule has 0 bridgehead atoms. The molecule has 3 aromatic rings. The molecule has 1 amide bonds. The molecule has 3 N–H and O–H groups in total. The van der Waals surface area contributed by atoms with Crippen molar-refractivity contribution in [3.63, 3.8) is 0 Å². The lowest BCUT2D eigenvalue weighted by Crippen LogP contribution is -2.42. The number of amides is 1. The summed E-state index contributed by atoms with van der Waals surface area (Å²) in [5.41, 5.74) is 7.45. The number of aryl methyl sites for hydroxylation is 1. The number of carbonyl (C=O) groups excluding carboxylic acids is 1. The Labute approximate surface area is 181 Å². The Morgan fingerprint density at radius 1 is 1.03 bits per heavy atom. The summed E-state index contributed by atoms with van der Waals surface area (Å²) in [5.74, 6) is -0.289. The van der Waals surface area contributed by atoms with Gasteiger partial charge in [0, 0.05) is 12.1 Å². The van der Waals surface area contributed by atoms with Gasteiger partial charge in [0.25, 0.3) is 11.5 Å². The zero-order valence-corrected chi connectivity index (χ0v) is 18.1. The van der Waals surface area contributed by atoms with E-state index in [1.807, 2.05) is 63.2 Å². The van der Waals surface area contributed by atoms with E-state index in [0.29, 0.717) is 5.56 Å². The van der Waals surface area contributed by atoms with Crippen molar-refractivity contribution >= 4 is 17.4 Å². The van der Waals surface area contributed by atoms with Crippen molar-refractivity contribution in [2.45, 2.75) is 33.7 Å². The van der Waals surface area contributed by atoms with Crippen LogP contribution in [0.25, 0.3) is 0 Å². The van der Waals surface area contributed by atoms with Crippen LogP contribution in [0.2, 0.25) is 0 Å². The standard InChI is InChI=1S/C24H28N4O3/c1-4-17-10-12-19(13-11-17)23(30)27(14-16(2)3)20-21(25)28(24(31)26-22(20)29)15-18-8-6-5-7-9-18/h5-13,16H,4,14-15,25H2,1-3H3,(H,26,29,31). The van der Waals surface area contributed by atoms with Crippen molar-refractivity contribution in [2.75, 3.05) is 17.2 Å². The third-order valence-corrected chi connectivity index (χ3v) is 5.07. The minimum absolute atomic E-state index is 0.00574. The van der Waals surface area contributed by atoms with Gasteiger partial charge in [0.05, 0.1) is 6.54 Å². The van der Waals surface area contributed by atoms with E-state index in [1.54, 1.807) is 12.1 Å². The first-order valence-electron chi connectivity index (χ1n) is 10.4. The lowest BCUT2D eigenvalue weighted by atomic mass is 10.1. The molecule has 7 nitrogen and oxygen atoms in total. The number of H-pyrrole nitrogens is 1. The first-order chi connectivity index (χ1) is 14.8. The Balaban J connectivity index is 2.10. The quantitative estimate of drug-likeness (QED) is 0.613. The Bertz CT molecular complexity index is 1160. The molecule has 0 atom stereocenters. The van der Waals surface area contributed by atoms with Gasteiger partial charge in [0.15, 0.2) is 5.69 Å². The molecule has 0 radical (unpaired) electrons. The lowest BCUT2D eigenvalue weighted by molar-refractivity contribution is 0.0983. The summed E-state index contributed by atoms with van der Waals surface area (Å²) in [7, 11) is 0. The van der Waals surface area contributed by atoms with Gasteiger partial charge in [-0.15, -0.1) is 0 Å². The van der Waals surface area contributed by atoms with Crippen LogP contribution in [-0.2, 0) is 13.0 Å². The van der Waals surface area contributed by atoms with Gasteiger partial charge in [0.2, 0.25) is 0 Å². The first-order valence-corrected chi connectivity index (χ1v) is 10.4. The summed E-state index contributed by atoms with van der Waals surface area (Å²) >= 11 is 0. The normalized spacial score (nSPS) is 11.0. The maximum Gasteiger partial charge on any atom is 0.330 e. The second kappa shape index (κ2) is 9.47. The number of hydrogen-bond acceptors (Lipinski definition) is 4. The molecule has 0 fully saturated rings. The number of benzene rings is 2. The first kappa shape index (κ1) is 22.1. The largest absolute Gasteiger partial charge is 0.383 e. The van der Waals surface area contributed by atoms with Crippen LogP contribution in [0.4, 0.5) is 11.5 Å². The highest BCUT2D eigenvalue weighted by Gasteiger charge is 2.26. The van der Waals surface area contributed by atoms with Crippen LogP contribution in [0.1, 0.15) is 42.3 Å². The highest BCUT2D eigenvalue weighted by molar-refractivity contribution is 6.07. The molecular formula is C24H28N4O3. The molecule has 3 rings (SSSR count). The van der Waals surface area contributed by atoms with Crippen molar-refractivity contribution in [1.82, 2.24) is 9.55 Å². The van der Waals surface area contributed by atoms with Gasteiger partial charge < -0.3 is 10.6 Å². The van der Waals surface area contributed by atoms with Gasteiger partial charge in [-0.3, -0.25) is 19.1 Å². The number of aromatic amines is 1. The van der Waals surface area contributed by atoms with Gasteiger partial charge >= 0.3 is 5.69 Å². The smallest absolute Gasteiger partial charge is 0.330 e. The third-order valence-electron chi connectivity index (χ3n) is 5.07. The van der Waals surface area contributed by atoms with Crippen molar-refractivity contribution in [3.8, 4) is 0 Å². The molecule has 0 aliphatic carbocycles. The Morgan fingerprint density at radius 2 is 1.68 bits per heavy atom.